The lowest BCUT2D eigenvalue weighted by atomic mass is 9.77. The van der Waals surface area contributed by atoms with E-state index in [1.165, 1.54) is 0 Å². The average Bonchev–Trinajstić information content (AvgIpc) is 2.47. The molecule has 6 heteroatoms. The van der Waals surface area contributed by atoms with Crippen LogP contribution in [-0.2, 0) is 9.59 Å². The monoisotopic (exact) mass is 269 g/mol. The van der Waals surface area contributed by atoms with E-state index in [9.17, 15) is 14.7 Å². The summed E-state index contributed by atoms with van der Waals surface area (Å²) in [5.74, 6) is 0.219. The van der Waals surface area contributed by atoms with Crippen molar-refractivity contribution in [3.63, 3.8) is 0 Å². The van der Waals surface area contributed by atoms with Gasteiger partial charge in [-0.25, -0.2) is 0 Å². The molecule has 1 aliphatic carbocycles. The minimum absolute atomic E-state index is 0.00802. The Bertz CT molecular complexity index is 332. The fraction of sp³-hybridized carbons (Fsp3) is 0.846. The number of carbonyl (C=O) groups excluding carboxylic acids is 2. The van der Waals surface area contributed by atoms with E-state index in [-0.39, 0.29) is 18.4 Å². The highest BCUT2D eigenvalue weighted by molar-refractivity contribution is 5.79. The second kappa shape index (κ2) is 5.88. The number of aliphatic hydroxyl groups excluding tert-OH is 1. The van der Waals surface area contributed by atoms with Crippen LogP contribution in [-0.4, -0.2) is 65.5 Å². The third kappa shape index (κ3) is 3.25. The molecular formula is C13H23N3O3. The molecule has 0 radical (unpaired) electrons. The van der Waals surface area contributed by atoms with Crippen LogP contribution in [0.3, 0.4) is 0 Å². The minimum atomic E-state index is -0.493. The third-order valence-electron chi connectivity index (χ3n) is 4.42. The number of hydrogen-bond acceptors (Lipinski definition) is 4. The summed E-state index contributed by atoms with van der Waals surface area (Å²) < 4.78 is 0. The van der Waals surface area contributed by atoms with Crippen molar-refractivity contribution in [3.05, 3.63) is 0 Å². The Balaban J connectivity index is 1.83. The highest BCUT2D eigenvalue weighted by atomic mass is 16.3. The van der Waals surface area contributed by atoms with E-state index < -0.39 is 5.54 Å². The Kier molecular flexibility index (Phi) is 4.42. The fourth-order valence-electron chi connectivity index (χ4n) is 2.90. The number of hydrogen-bond donors (Lipinski definition) is 2. The topological polar surface area (TPSA) is 86.9 Å². The summed E-state index contributed by atoms with van der Waals surface area (Å²) in [7, 11) is 0. The molecule has 2 rings (SSSR count). The molecule has 2 amide bonds. The number of nitrogens with zero attached hydrogens (tertiary/aromatic N) is 2. The summed E-state index contributed by atoms with van der Waals surface area (Å²) in [6.45, 7) is 2.49. The summed E-state index contributed by atoms with van der Waals surface area (Å²) in [6, 6.07) is 0. The van der Waals surface area contributed by atoms with E-state index >= 15 is 0 Å². The molecule has 0 aromatic carbocycles. The van der Waals surface area contributed by atoms with Crippen LogP contribution in [0.2, 0.25) is 0 Å². The van der Waals surface area contributed by atoms with Crippen molar-refractivity contribution in [1.29, 1.82) is 0 Å². The highest BCUT2D eigenvalue weighted by Gasteiger charge is 2.36. The van der Waals surface area contributed by atoms with Crippen molar-refractivity contribution in [1.82, 2.24) is 9.80 Å². The summed E-state index contributed by atoms with van der Waals surface area (Å²) in [4.78, 5) is 26.5. The zero-order chi connectivity index (χ0) is 13.9. The minimum Gasteiger partial charge on any atom is -0.394 e. The number of amides is 2. The predicted molar refractivity (Wildman–Crippen MR) is 70.2 cm³/mol. The average molecular weight is 269 g/mol. The van der Waals surface area contributed by atoms with Crippen molar-refractivity contribution in [2.45, 2.75) is 31.2 Å². The highest BCUT2D eigenvalue weighted by Crippen LogP contribution is 2.31. The van der Waals surface area contributed by atoms with Crippen LogP contribution >= 0.6 is 0 Å². The van der Waals surface area contributed by atoms with E-state index in [1.807, 2.05) is 4.90 Å². The number of piperazine rings is 1. The Morgan fingerprint density at radius 1 is 1.26 bits per heavy atom. The molecule has 0 aromatic rings. The molecule has 0 bridgehead atoms. The summed E-state index contributed by atoms with van der Waals surface area (Å²) in [6.07, 6.45) is 3.75. The first-order valence-electron chi connectivity index (χ1n) is 6.96. The molecule has 3 N–H and O–H groups in total. The molecule has 1 saturated heterocycles. The molecule has 0 unspecified atom stereocenters. The van der Waals surface area contributed by atoms with E-state index in [2.05, 4.69) is 0 Å². The lowest BCUT2D eigenvalue weighted by Crippen LogP contribution is -2.52. The second-order valence-electron chi connectivity index (χ2n) is 5.76. The van der Waals surface area contributed by atoms with Crippen LogP contribution in [0.1, 0.15) is 25.7 Å². The summed E-state index contributed by atoms with van der Waals surface area (Å²) in [5.41, 5.74) is 5.52. The van der Waals surface area contributed by atoms with Gasteiger partial charge < -0.3 is 20.6 Å². The van der Waals surface area contributed by atoms with Crippen LogP contribution in [0.15, 0.2) is 0 Å². The van der Waals surface area contributed by atoms with Gasteiger partial charge in [-0.05, 0) is 25.7 Å². The molecule has 1 aliphatic heterocycles. The molecule has 2 aliphatic rings. The maximum Gasteiger partial charge on any atom is 0.225 e. The van der Waals surface area contributed by atoms with E-state index in [4.69, 9.17) is 5.73 Å². The standard InChI is InChI=1S/C13H23N3O3/c14-13(9-17)3-1-11(2-4-13)12(19)16-7-5-15(10-18)6-8-16/h10-11,17H,1-9,14H2. The van der Waals surface area contributed by atoms with Crippen molar-refractivity contribution < 1.29 is 14.7 Å². The van der Waals surface area contributed by atoms with Crippen LogP contribution in [0.4, 0.5) is 0 Å². The lowest BCUT2D eigenvalue weighted by Gasteiger charge is -2.39. The van der Waals surface area contributed by atoms with Gasteiger partial charge in [0.05, 0.1) is 6.61 Å². The van der Waals surface area contributed by atoms with Crippen molar-refractivity contribution in [2.75, 3.05) is 32.8 Å². The fourth-order valence-corrected chi connectivity index (χ4v) is 2.90. The normalized spacial score (nSPS) is 32.2. The van der Waals surface area contributed by atoms with Gasteiger partial charge in [-0.15, -0.1) is 0 Å². The maximum absolute atomic E-state index is 12.4. The maximum atomic E-state index is 12.4. The lowest BCUT2D eigenvalue weighted by molar-refractivity contribution is -0.140. The van der Waals surface area contributed by atoms with Crippen molar-refractivity contribution >= 4 is 12.3 Å². The first kappa shape index (κ1) is 14.3. The number of carbonyl (C=O) groups is 2. The molecular weight excluding hydrogens is 246 g/mol. The van der Waals surface area contributed by atoms with E-state index in [1.54, 1.807) is 4.90 Å². The van der Waals surface area contributed by atoms with Gasteiger partial charge in [-0.3, -0.25) is 9.59 Å². The molecule has 0 atom stereocenters. The molecule has 2 fully saturated rings. The van der Waals surface area contributed by atoms with Crippen LogP contribution in [0, 0.1) is 5.92 Å². The van der Waals surface area contributed by atoms with Crippen LogP contribution in [0.5, 0.6) is 0 Å². The third-order valence-corrected chi connectivity index (χ3v) is 4.42. The molecule has 1 heterocycles. The van der Waals surface area contributed by atoms with Crippen molar-refractivity contribution in [2.24, 2.45) is 11.7 Å². The predicted octanol–water partition coefficient (Wildman–Crippen LogP) is -0.833. The molecule has 1 saturated carbocycles. The number of rotatable bonds is 3. The Morgan fingerprint density at radius 2 is 1.84 bits per heavy atom. The quantitative estimate of drug-likeness (QED) is 0.655. The van der Waals surface area contributed by atoms with Crippen LogP contribution < -0.4 is 5.73 Å². The molecule has 0 spiro atoms. The molecule has 6 nitrogen and oxygen atoms in total. The van der Waals surface area contributed by atoms with Gasteiger partial charge in [0.2, 0.25) is 12.3 Å². The Labute approximate surface area is 113 Å². The van der Waals surface area contributed by atoms with E-state index in [0.29, 0.717) is 39.0 Å². The second-order valence-corrected chi connectivity index (χ2v) is 5.76. The zero-order valence-corrected chi connectivity index (χ0v) is 11.3. The van der Waals surface area contributed by atoms with Gasteiger partial charge in [-0.1, -0.05) is 0 Å². The SMILES string of the molecule is NC1(CO)CCC(C(=O)N2CCN(C=O)CC2)CC1. The first-order chi connectivity index (χ1) is 9.08. The van der Waals surface area contributed by atoms with Crippen LogP contribution in [0.25, 0.3) is 0 Å². The van der Waals surface area contributed by atoms with Crippen molar-refractivity contribution in [3.8, 4) is 0 Å². The van der Waals surface area contributed by atoms with E-state index in [0.717, 1.165) is 19.3 Å². The smallest absolute Gasteiger partial charge is 0.225 e. The van der Waals surface area contributed by atoms with Gasteiger partial charge in [-0.2, -0.15) is 0 Å². The summed E-state index contributed by atoms with van der Waals surface area (Å²) in [5, 5.41) is 9.22. The molecule has 19 heavy (non-hydrogen) atoms. The molecule has 0 aromatic heterocycles. The Hall–Kier alpha value is -1.14. The van der Waals surface area contributed by atoms with Gasteiger partial charge in [0.1, 0.15) is 0 Å². The van der Waals surface area contributed by atoms with Gasteiger partial charge in [0.25, 0.3) is 0 Å². The number of nitrogens with two attached hydrogens (primary N) is 1. The van der Waals surface area contributed by atoms with Gasteiger partial charge in [0.15, 0.2) is 0 Å². The first-order valence-corrected chi connectivity index (χ1v) is 6.96. The molecule has 108 valence electrons. The van der Waals surface area contributed by atoms with Gasteiger partial charge >= 0.3 is 0 Å². The number of aliphatic hydroxyl groups is 1. The largest absolute Gasteiger partial charge is 0.394 e. The zero-order valence-electron chi connectivity index (χ0n) is 11.3. The Morgan fingerprint density at radius 3 is 2.32 bits per heavy atom. The summed E-state index contributed by atoms with van der Waals surface area (Å²) >= 11 is 0. The van der Waals surface area contributed by atoms with Gasteiger partial charge in [0, 0.05) is 37.6 Å².